The summed E-state index contributed by atoms with van der Waals surface area (Å²) in [6.45, 7) is 2.09. The fourth-order valence-electron chi connectivity index (χ4n) is 4.86. The average molecular weight is 490 g/mol. The first kappa shape index (κ1) is 20.9. The number of nitrogens with one attached hydrogen (secondary N) is 2. The highest BCUT2D eigenvalue weighted by molar-refractivity contribution is 7.13. The molecule has 1 amide bonds. The molecule has 3 aromatic rings. The van der Waals surface area contributed by atoms with Gasteiger partial charge in [0.1, 0.15) is 17.8 Å². The van der Waals surface area contributed by atoms with Gasteiger partial charge in [0.05, 0.1) is 17.6 Å². The zero-order chi connectivity index (χ0) is 23.5. The highest BCUT2D eigenvalue weighted by Gasteiger charge is 2.45. The molecule has 2 atom stereocenters. The summed E-state index contributed by atoms with van der Waals surface area (Å²) in [6.07, 6.45) is 11.3. The number of rotatable bonds is 8. The number of aromatic nitrogens is 5. The molecule has 0 bridgehead atoms. The van der Waals surface area contributed by atoms with E-state index < -0.39 is 0 Å². The Bertz CT molecular complexity index is 1310. The summed E-state index contributed by atoms with van der Waals surface area (Å²) in [5.74, 6) is 2.99. The topological polar surface area (TPSA) is 127 Å². The van der Waals surface area contributed by atoms with Crippen LogP contribution in [0.1, 0.15) is 48.6 Å². The van der Waals surface area contributed by atoms with E-state index in [2.05, 4.69) is 40.3 Å². The van der Waals surface area contributed by atoms with Crippen molar-refractivity contribution in [3.63, 3.8) is 0 Å². The SMILES string of the molecule is N/C(=C\Nc1cc(C(=O)Nc2csc(-c3nncn3C3CC3)n2)ncc1N1CC2CC2C1)C1CC1. The Morgan fingerprint density at radius 2 is 2.03 bits per heavy atom. The number of carbonyl (C=O) groups excluding carboxylic acids is 1. The van der Waals surface area contributed by atoms with E-state index in [1.54, 1.807) is 12.5 Å². The molecule has 11 heteroatoms. The number of fused-ring (bicyclic) bond motifs is 1. The van der Waals surface area contributed by atoms with Gasteiger partial charge >= 0.3 is 0 Å². The van der Waals surface area contributed by atoms with Crippen LogP contribution in [0.3, 0.4) is 0 Å². The molecule has 1 saturated heterocycles. The maximum atomic E-state index is 13.1. The molecule has 180 valence electrons. The van der Waals surface area contributed by atoms with E-state index in [4.69, 9.17) is 5.73 Å². The van der Waals surface area contributed by atoms with Crippen LogP contribution in [0.15, 0.2) is 35.9 Å². The Hall–Kier alpha value is -3.47. The number of pyridine rings is 1. The minimum absolute atomic E-state index is 0.302. The second-order valence-electron chi connectivity index (χ2n) is 10.1. The van der Waals surface area contributed by atoms with Gasteiger partial charge in [0.25, 0.3) is 5.91 Å². The molecule has 4 fully saturated rings. The van der Waals surface area contributed by atoms with Crippen molar-refractivity contribution in [3.8, 4) is 10.8 Å². The Labute approximate surface area is 206 Å². The van der Waals surface area contributed by atoms with Gasteiger partial charge < -0.3 is 25.8 Å². The fraction of sp³-hybridized carbons (Fsp3) is 0.458. The maximum Gasteiger partial charge on any atom is 0.275 e. The van der Waals surface area contributed by atoms with Gasteiger partial charge in [0.15, 0.2) is 10.8 Å². The van der Waals surface area contributed by atoms with E-state index in [1.165, 1.54) is 17.8 Å². The minimum Gasteiger partial charge on any atom is -0.401 e. The van der Waals surface area contributed by atoms with Crippen LogP contribution in [0, 0.1) is 17.8 Å². The third-order valence-electron chi connectivity index (χ3n) is 7.33. The summed E-state index contributed by atoms with van der Waals surface area (Å²) in [4.78, 5) is 24.5. The summed E-state index contributed by atoms with van der Waals surface area (Å²) in [7, 11) is 0. The predicted molar refractivity (Wildman–Crippen MR) is 134 cm³/mol. The molecule has 0 aromatic carbocycles. The first-order valence-corrected chi connectivity index (χ1v) is 13.1. The van der Waals surface area contributed by atoms with Gasteiger partial charge in [0.2, 0.25) is 0 Å². The molecule has 3 saturated carbocycles. The van der Waals surface area contributed by atoms with E-state index in [9.17, 15) is 4.79 Å². The highest BCUT2D eigenvalue weighted by Crippen LogP contribution is 2.47. The number of amides is 1. The second-order valence-corrected chi connectivity index (χ2v) is 11.0. The second kappa shape index (κ2) is 8.04. The van der Waals surface area contributed by atoms with E-state index in [0.717, 1.165) is 78.5 Å². The van der Waals surface area contributed by atoms with Gasteiger partial charge in [-0.05, 0) is 55.9 Å². The van der Waals surface area contributed by atoms with E-state index in [0.29, 0.717) is 23.5 Å². The lowest BCUT2D eigenvalue weighted by Gasteiger charge is -2.23. The van der Waals surface area contributed by atoms with Crippen LogP contribution in [0.5, 0.6) is 0 Å². The van der Waals surface area contributed by atoms with Crippen molar-refractivity contribution in [2.45, 2.75) is 38.1 Å². The fourth-order valence-corrected chi connectivity index (χ4v) is 5.60. The van der Waals surface area contributed by atoms with Crippen LogP contribution in [0.4, 0.5) is 17.2 Å². The number of carbonyl (C=O) groups is 1. The Morgan fingerprint density at radius 1 is 1.20 bits per heavy atom. The number of thiazole rings is 1. The number of nitrogens with two attached hydrogens (primary N) is 1. The molecule has 4 heterocycles. The molecule has 0 spiro atoms. The summed E-state index contributed by atoms with van der Waals surface area (Å²) in [5, 5.41) is 17.1. The van der Waals surface area contributed by atoms with Gasteiger partial charge in [-0.3, -0.25) is 4.79 Å². The largest absolute Gasteiger partial charge is 0.401 e. The lowest BCUT2D eigenvalue weighted by molar-refractivity contribution is 0.102. The molecule has 3 aromatic heterocycles. The average Bonchev–Trinajstić information content (AvgIpc) is 3.84. The molecular formula is C24H27N9OS. The zero-order valence-electron chi connectivity index (χ0n) is 19.2. The number of piperidine rings is 1. The first-order valence-electron chi connectivity index (χ1n) is 12.3. The number of hydrogen-bond acceptors (Lipinski definition) is 9. The molecule has 4 N–H and O–H groups in total. The van der Waals surface area contributed by atoms with Crippen LogP contribution >= 0.6 is 11.3 Å². The van der Waals surface area contributed by atoms with E-state index in [1.807, 2.05) is 17.6 Å². The van der Waals surface area contributed by atoms with Crippen LogP contribution in [0.25, 0.3) is 10.8 Å². The molecular weight excluding hydrogens is 462 g/mol. The van der Waals surface area contributed by atoms with Crippen molar-refractivity contribution < 1.29 is 4.79 Å². The number of allylic oxidation sites excluding steroid dienone is 1. The minimum atomic E-state index is -0.302. The Balaban J connectivity index is 1.11. The van der Waals surface area contributed by atoms with Gasteiger partial charge in [-0.2, -0.15) is 0 Å². The normalized spacial score (nSPS) is 23.3. The smallest absolute Gasteiger partial charge is 0.275 e. The summed E-state index contributed by atoms with van der Waals surface area (Å²) in [6, 6.07) is 2.27. The van der Waals surface area contributed by atoms with Gasteiger partial charge in [-0.15, -0.1) is 21.5 Å². The van der Waals surface area contributed by atoms with Gasteiger partial charge in [-0.1, -0.05) is 0 Å². The van der Waals surface area contributed by atoms with Crippen LogP contribution in [-0.4, -0.2) is 43.7 Å². The molecule has 10 nitrogen and oxygen atoms in total. The molecule has 3 aliphatic carbocycles. The maximum absolute atomic E-state index is 13.1. The summed E-state index contributed by atoms with van der Waals surface area (Å²) < 4.78 is 2.06. The predicted octanol–water partition coefficient (Wildman–Crippen LogP) is 3.46. The monoisotopic (exact) mass is 489 g/mol. The van der Waals surface area contributed by atoms with Crippen molar-refractivity contribution in [2.24, 2.45) is 23.5 Å². The van der Waals surface area contributed by atoms with Crippen LogP contribution in [0.2, 0.25) is 0 Å². The van der Waals surface area contributed by atoms with Crippen LogP contribution < -0.4 is 21.3 Å². The Kier molecular flexibility index (Phi) is 4.80. The first-order chi connectivity index (χ1) is 17.1. The van der Waals surface area contributed by atoms with Crippen molar-refractivity contribution in [3.05, 3.63) is 41.6 Å². The third-order valence-corrected chi connectivity index (χ3v) is 8.17. The van der Waals surface area contributed by atoms with Gasteiger partial charge in [0, 0.05) is 36.4 Å². The number of hydrogen-bond donors (Lipinski definition) is 3. The molecule has 35 heavy (non-hydrogen) atoms. The zero-order valence-corrected chi connectivity index (χ0v) is 20.0. The van der Waals surface area contributed by atoms with E-state index in [-0.39, 0.29) is 5.91 Å². The summed E-state index contributed by atoms with van der Waals surface area (Å²) >= 11 is 1.44. The van der Waals surface area contributed by atoms with Crippen molar-refractivity contribution in [1.82, 2.24) is 24.7 Å². The van der Waals surface area contributed by atoms with Gasteiger partial charge in [-0.25, -0.2) is 9.97 Å². The molecule has 0 radical (unpaired) electrons. The van der Waals surface area contributed by atoms with Crippen molar-refractivity contribution in [2.75, 3.05) is 28.6 Å². The molecule has 7 rings (SSSR count). The Morgan fingerprint density at radius 3 is 2.80 bits per heavy atom. The molecule has 4 aliphatic rings. The quantitative estimate of drug-likeness (QED) is 0.439. The highest BCUT2D eigenvalue weighted by atomic mass is 32.1. The van der Waals surface area contributed by atoms with Crippen molar-refractivity contribution >= 4 is 34.4 Å². The number of nitrogens with zero attached hydrogens (tertiary/aromatic N) is 6. The summed E-state index contributed by atoms with van der Waals surface area (Å²) in [5.41, 5.74) is 9.26. The molecule has 1 aliphatic heterocycles. The lowest BCUT2D eigenvalue weighted by atomic mass is 10.2. The van der Waals surface area contributed by atoms with Crippen LogP contribution in [-0.2, 0) is 0 Å². The third kappa shape index (κ3) is 4.13. The standard InChI is InChI=1S/C24H27N9OS/c25-17(13-1-2-13)7-26-18-6-19(27-8-20(18)32-9-14-5-15(14)10-32)23(34)29-21-11-35-24(30-21)22-31-28-12-33(22)16-3-4-16/h6-8,11-16H,1-5,9-10,25H2,(H,26,27)(H,29,34)/b17-7-. The lowest BCUT2D eigenvalue weighted by Crippen LogP contribution is -2.24. The number of anilines is 3. The molecule has 2 unspecified atom stereocenters. The van der Waals surface area contributed by atoms with E-state index >= 15 is 0 Å². The van der Waals surface area contributed by atoms with Crippen molar-refractivity contribution in [1.29, 1.82) is 0 Å².